The van der Waals surface area contributed by atoms with Gasteiger partial charge in [0.25, 0.3) is 0 Å². The Kier molecular flexibility index (Phi) is 5.90. The van der Waals surface area contributed by atoms with Crippen molar-refractivity contribution < 1.29 is 13.2 Å². The van der Waals surface area contributed by atoms with Gasteiger partial charge in [0.2, 0.25) is 16.0 Å². The lowest BCUT2D eigenvalue weighted by Crippen LogP contribution is -2.32. The van der Waals surface area contributed by atoms with E-state index in [1.54, 1.807) is 0 Å². The molecule has 0 amide bonds. The molecule has 8 nitrogen and oxygen atoms in total. The number of anilines is 1. The van der Waals surface area contributed by atoms with Crippen molar-refractivity contribution in [3.8, 4) is 6.01 Å². The van der Waals surface area contributed by atoms with Gasteiger partial charge in [-0.15, -0.1) is 0 Å². The van der Waals surface area contributed by atoms with Crippen LogP contribution >= 0.6 is 11.6 Å². The average molecular weight is 398 g/mol. The van der Waals surface area contributed by atoms with Crippen molar-refractivity contribution in [2.45, 2.75) is 30.7 Å². The summed E-state index contributed by atoms with van der Waals surface area (Å²) in [5, 5.41) is 0.470. The Morgan fingerprint density at radius 2 is 1.81 bits per heavy atom. The molecule has 1 aliphatic rings. The molecule has 26 heavy (non-hydrogen) atoms. The Morgan fingerprint density at radius 3 is 2.46 bits per heavy atom. The molecule has 0 spiro atoms. The average Bonchev–Trinajstić information content (AvgIpc) is 2.67. The van der Waals surface area contributed by atoms with Gasteiger partial charge in [-0.05, 0) is 43.5 Å². The van der Waals surface area contributed by atoms with E-state index in [1.165, 1.54) is 37.8 Å². The molecular formula is C16H20ClN5O3S. The largest absolute Gasteiger partial charge is 0.467 e. The first kappa shape index (κ1) is 18.8. The zero-order valence-electron chi connectivity index (χ0n) is 14.4. The van der Waals surface area contributed by atoms with Crippen LogP contribution in [-0.4, -0.2) is 43.6 Å². The van der Waals surface area contributed by atoms with Gasteiger partial charge in [-0.1, -0.05) is 11.6 Å². The number of methoxy groups -OCH3 is 1. The highest BCUT2D eigenvalue weighted by molar-refractivity contribution is 7.89. The van der Waals surface area contributed by atoms with Gasteiger partial charge in [0, 0.05) is 18.1 Å². The summed E-state index contributed by atoms with van der Waals surface area (Å²) < 4.78 is 32.4. The van der Waals surface area contributed by atoms with E-state index >= 15 is 0 Å². The van der Waals surface area contributed by atoms with Gasteiger partial charge in [-0.3, -0.25) is 0 Å². The van der Waals surface area contributed by atoms with Crippen molar-refractivity contribution in [1.82, 2.24) is 19.7 Å². The summed E-state index contributed by atoms with van der Waals surface area (Å²) >= 11 is 5.80. The zero-order valence-corrected chi connectivity index (χ0v) is 15.9. The lowest BCUT2D eigenvalue weighted by Gasteiger charge is -2.26. The Labute approximate surface area is 157 Å². The van der Waals surface area contributed by atoms with Crippen LogP contribution in [-0.2, 0) is 16.6 Å². The Bertz CT molecular complexity index is 855. The molecule has 10 heteroatoms. The number of nitrogens with zero attached hydrogens (tertiary/aromatic N) is 4. The van der Waals surface area contributed by atoms with E-state index in [0.29, 0.717) is 16.8 Å². The Hall–Kier alpha value is -1.97. The minimum atomic E-state index is -3.70. The summed E-state index contributed by atoms with van der Waals surface area (Å²) in [5.74, 6) is 0.812. The van der Waals surface area contributed by atoms with Crippen LogP contribution in [0.5, 0.6) is 6.01 Å². The third-order valence-corrected chi connectivity index (χ3v) is 5.68. The molecule has 0 atom stereocenters. The number of sulfonamides is 1. The highest BCUT2D eigenvalue weighted by Crippen LogP contribution is 2.18. The summed E-state index contributed by atoms with van der Waals surface area (Å²) in [6.45, 7) is 1.66. The fourth-order valence-corrected chi connectivity index (χ4v) is 3.75. The van der Waals surface area contributed by atoms with Crippen LogP contribution in [0.25, 0.3) is 0 Å². The second kappa shape index (κ2) is 8.15. The predicted octanol–water partition coefficient (Wildman–Crippen LogP) is 2.00. The predicted molar refractivity (Wildman–Crippen MR) is 97.9 cm³/mol. The van der Waals surface area contributed by atoms with Crippen LogP contribution in [0.3, 0.4) is 0 Å². The fraction of sp³-hybridized carbons (Fsp3) is 0.438. The molecule has 1 aliphatic heterocycles. The standard InChI is InChI=1S/C16H20ClN5O3S/c1-25-16-20-14(19-15(21-16)22-9-3-2-4-10-22)11-18-26(23,24)13-7-5-12(17)6-8-13/h5-8,18H,2-4,9-11H2,1H3. The lowest BCUT2D eigenvalue weighted by molar-refractivity contribution is 0.374. The first-order valence-corrected chi connectivity index (χ1v) is 10.1. The molecule has 140 valence electrons. The molecule has 2 aromatic rings. The third kappa shape index (κ3) is 4.60. The van der Waals surface area contributed by atoms with E-state index in [9.17, 15) is 8.42 Å². The van der Waals surface area contributed by atoms with Gasteiger partial charge in [-0.25, -0.2) is 13.1 Å². The number of nitrogens with one attached hydrogen (secondary N) is 1. The van der Waals surface area contributed by atoms with Crippen LogP contribution in [0.15, 0.2) is 29.2 Å². The van der Waals surface area contributed by atoms with E-state index in [1.807, 2.05) is 0 Å². The van der Waals surface area contributed by atoms with Gasteiger partial charge >= 0.3 is 6.01 Å². The first-order chi connectivity index (χ1) is 12.5. The van der Waals surface area contributed by atoms with Gasteiger partial charge in [0.15, 0.2) is 5.82 Å². The molecule has 3 rings (SSSR count). The smallest absolute Gasteiger partial charge is 0.321 e. The molecular weight excluding hydrogens is 378 g/mol. The molecule has 0 unspecified atom stereocenters. The lowest BCUT2D eigenvalue weighted by atomic mass is 10.1. The molecule has 0 bridgehead atoms. The van der Waals surface area contributed by atoms with Crippen LogP contribution in [0.1, 0.15) is 25.1 Å². The van der Waals surface area contributed by atoms with Crippen LogP contribution in [0.4, 0.5) is 5.95 Å². The van der Waals surface area contributed by atoms with Crippen LogP contribution < -0.4 is 14.4 Å². The van der Waals surface area contributed by atoms with Gasteiger partial charge in [-0.2, -0.15) is 15.0 Å². The summed E-state index contributed by atoms with van der Waals surface area (Å²) in [6.07, 6.45) is 3.34. The molecule has 0 aliphatic carbocycles. The van der Waals surface area contributed by atoms with Crippen molar-refractivity contribution in [2.75, 3.05) is 25.1 Å². The number of piperidine rings is 1. The number of halogens is 1. The topological polar surface area (TPSA) is 97.3 Å². The van der Waals surface area contributed by atoms with Crippen molar-refractivity contribution >= 4 is 27.6 Å². The minimum absolute atomic E-state index is 0.0648. The molecule has 0 saturated carbocycles. The summed E-state index contributed by atoms with van der Waals surface area (Å²) in [7, 11) is -2.23. The van der Waals surface area contributed by atoms with E-state index in [-0.39, 0.29) is 17.5 Å². The maximum atomic E-state index is 12.4. The number of rotatable bonds is 6. The molecule has 1 fully saturated rings. The van der Waals surface area contributed by atoms with E-state index in [2.05, 4.69) is 24.6 Å². The number of benzene rings is 1. The van der Waals surface area contributed by atoms with Crippen LogP contribution in [0.2, 0.25) is 5.02 Å². The van der Waals surface area contributed by atoms with Crippen molar-refractivity contribution in [2.24, 2.45) is 0 Å². The summed E-state index contributed by atoms with van der Waals surface area (Å²) in [6, 6.07) is 6.10. The zero-order chi connectivity index (χ0) is 18.6. The molecule has 2 heterocycles. The maximum absolute atomic E-state index is 12.4. The molecule has 1 aromatic heterocycles. The second-order valence-electron chi connectivity index (χ2n) is 5.86. The Morgan fingerprint density at radius 1 is 1.12 bits per heavy atom. The molecule has 1 aromatic carbocycles. The number of aromatic nitrogens is 3. The minimum Gasteiger partial charge on any atom is -0.467 e. The summed E-state index contributed by atoms with van der Waals surface area (Å²) in [5.41, 5.74) is 0. The first-order valence-electron chi connectivity index (χ1n) is 8.27. The quantitative estimate of drug-likeness (QED) is 0.796. The molecule has 0 radical (unpaired) electrons. The summed E-state index contributed by atoms with van der Waals surface area (Å²) in [4.78, 5) is 15.0. The van der Waals surface area contributed by atoms with Crippen LogP contribution in [0, 0.1) is 0 Å². The molecule has 1 N–H and O–H groups in total. The normalized spacial score (nSPS) is 15.1. The number of hydrogen-bond acceptors (Lipinski definition) is 7. The second-order valence-corrected chi connectivity index (χ2v) is 8.07. The highest BCUT2D eigenvalue weighted by atomic mass is 35.5. The maximum Gasteiger partial charge on any atom is 0.321 e. The van der Waals surface area contributed by atoms with Crippen molar-refractivity contribution in [3.63, 3.8) is 0 Å². The fourth-order valence-electron chi connectivity index (χ4n) is 2.65. The SMILES string of the molecule is COc1nc(CNS(=O)(=O)c2ccc(Cl)cc2)nc(N2CCCCC2)n1. The van der Waals surface area contributed by atoms with Crippen molar-refractivity contribution in [3.05, 3.63) is 35.1 Å². The third-order valence-electron chi connectivity index (χ3n) is 4.02. The monoisotopic (exact) mass is 397 g/mol. The number of hydrogen-bond donors (Lipinski definition) is 1. The van der Waals surface area contributed by atoms with Crippen molar-refractivity contribution in [1.29, 1.82) is 0 Å². The highest BCUT2D eigenvalue weighted by Gasteiger charge is 2.18. The van der Waals surface area contributed by atoms with Gasteiger partial charge in [0.05, 0.1) is 18.6 Å². The Balaban J connectivity index is 1.77. The van der Waals surface area contributed by atoms with E-state index in [0.717, 1.165) is 25.9 Å². The molecule has 1 saturated heterocycles. The van der Waals surface area contributed by atoms with Gasteiger partial charge in [0.1, 0.15) is 0 Å². The van der Waals surface area contributed by atoms with Gasteiger partial charge < -0.3 is 9.64 Å². The van der Waals surface area contributed by atoms with E-state index < -0.39 is 10.0 Å². The number of ether oxygens (including phenoxy) is 1. The van der Waals surface area contributed by atoms with E-state index in [4.69, 9.17) is 16.3 Å².